The molecule has 11 nitrogen and oxygen atoms in total. The van der Waals surface area contributed by atoms with E-state index in [0.717, 1.165) is 5.52 Å². The van der Waals surface area contributed by atoms with E-state index < -0.39 is 41.1 Å². The Morgan fingerprint density at radius 3 is 2.73 bits per heavy atom. The Morgan fingerprint density at radius 2 is 2.05 bits per heavy atom. The van der Waals surface area contributed by atoms with E-state index in [1.807, 2.05) is 38.1 Å². The standard InChI is InChI=1S/C29H37N5O6/c1-5-15-32(18-33-21-12-10-9-11-20(21)30-31-33)26(37)24-29-14-13-28(8-4,40-29)23(27(38)39-16-6-2)22(29)25(36)34(24)19(7-3)17-35/h5-6,9-12,19,22-24,35H,1-2,7-8,13-18H2,3-4H3/t19-,22-,23+,24?,28-,29?/m0/s1. The Kier molecular flexibility index (Phi) is 7.54. The molecule has 11 heteroatoms. The van der Waals surface area contributed by atoms with Crippen molar-refractivity contribution < 1.29 is 29.0 Å². The molecule has 2 bridgehead atoms. The fourth-order valence-electron chi connectivity index (χ4n) is 7.06. The fraction of sp³-hybridized carbons (Fsp3) is 0.552. The van der Waals surface area contributed by atoms with Crippen molar-refractivity contribution in [3.63, 3.8) is 0 Å². The lowest BCUT2D eigenvalue weighted by molar-refractivity contribution is -0.163. The maximum absolute atomic E-state index is 14.6. The first-order valence-electron chi connectivity index (χ1n) is 13.9. The third-order valence-electron chi connectivity index (χ3n) is 8.91. The van der Waals surface area contributed by atoms with E-state index in [2.05, 4.69) is 23.5 Å². The molecule has 0 aliphatic carbocycles. The molecule has 3 aliphatic rings. The molecular formula is C29H37N5O6. The van der Waals surface area contributed by atoms with Crippen LogP contribution < -0.4 is 0 Å². The second kappa shape index (κ2) is 10.8. The predicted octanol–water partition coefficient (Wildman–Crippen LogP) is 2.06. The zero-order valence-corrected chi connectivity index (χ0v) is 23.1. The Labute approximate surface area is 233 Å². The number of aliphatic hydroxyl groups is 1. The summed E-state index contributed by atoms with van der Waals surface area (Å²) in [5.41, 5.74) is -0.682. The highest BCUT2D eigenvalue weighted by atomic mass is 16.6. The minimum absolute atomic E-state index is 0.0162. The maximum Gasteiger partial charge on any atom is 0.313 e. The molecule has 5 rings (SSSR count). The van der Waals surface area contributed by atoms with Crippen LogP contribution in [0, 0.1) is 11.8 Å². The maximum atomic E-state index is 14.6. The fourth-order valence-corrected chi connectivity index (χ4v) is 7.06. The minimum Gasteiger partial charge on any atom is -0.461 e. The highest BCUT2D eigenvalue weighted by Gasteiger charge is 2.79. The van der Waals surface area contributed by atoms with Crippen LogP contribution in [0.3, 0.4) is 0 Å². The minimum atomic E-state index is -1.23. The van der Waals surface area contributed by atoms with E-state index in [-0.39, 0.29) is 38.2 Å². The number of ether oxygens (including phenoxy) is 2. The van der Waals surface area contributed by atoms with Crippen molar-refractivity contribution in [1.29, 1.82) is 0 Å². The third-order valence-corrected chi connectivity index (χ3v) is 8.91. The van der Waals surface area contributed by atoms with Gasteiger partial charge in [-0.15, -0.1) is 11.7 Å². The van der Waals surface area contributed by atoms with Gasteiger partial charge in [0.2, 0.25) is 11.8 Å². The van der Waals surface area contributed by atoms with Gasteiger partial charge in [0.25, 0.3) is 0 Å². The van der Waals surface area contributed by atoms with Crippen LogP contribution in [0.25, 0.3) is 11.0 Å². The number of aromatic nitrogens is 3. The lowest BCUT2D eigenvalue weighted by Gasteiger charge is -2.39. The average Bonchev–Trinajstić information content (AvgIpc) is 3.69. The second-order valence-electron chi connectivity index (χ2n) is 10.8. The summed E-state index contributed by atoms with van der Waals surface area (Å²) in [6.07, 6.45) is 4.97. The third kappa shape index (κ3) is 4.05. The number of fused-ring (bicyclic) bond motifs is 2. The summed E-state index contributed by atoms with van der Waals surface area (Å²) in [4.78, 5) is 45.3. The lowest BCUT2D eigenvalue weighted by Crippen LogP contribution is -2.59. The van der Waals surface area contributed by atoms with Crippen molar-refractivity contribution in [2.45, 2.75) is 69.5 Å². The van der Waals surface area contributed by atoms with Gasteiger partial charge < -0.3 is 24.4 Å². The van der Waals surface area contributed by atoms with Gasteiger partial charge in [0.1, 0.15) is 36.4 Å². The molecule has 0 saturated carbocycles. The molecule has 0 radical (unpaired) electrons. The summed E-state index contributed by atoms with van der Waals surface area (Å²) >= 11 is 0. The molecule has 2 amide bonds. The van der Waals surface area contributed by atoms with E-state index in [1.54, 1.807) is 15.7 Å². The first-order chi connectivity index (χ1) is 19.3. The number of para-hydroxylation sites is 1. The van der Waals surface area contributed by atoms with Gasteiger partial charge in [-0.2, -0.15) is 0 Å². The molecule has 2 unspecified atom stereocenters. The number of likely N-dealkylation sites (tertiary alicyclic amines) is 1. The molecular weight excluding hydrogens is 514 g/mol. The van der Waals surface area contributed by atoms with E-state index in [1.165, 1.54) is 11.0 Å². The van der Waals surface area contributed by atoms with Gasteiger partial charge in [0.15, 0.2) is 0 Å². The van der Waals surface area contributed by atoms with Gasteiger partial charge in [-0.3, -0.25) is 14.4 Å². The summed E-state index contributed by atoms with van der Waals surface area (Å²) in [5.74, 6) is -2.99. The van der Waals surface area contributed by atoms with Crippen molar-refractivity contribution in [3.05, 3.63) is 49.6 Å². The molecule has 1 spiro atoms. The smallest absolute Gasteiger partial charge is 0.313 e. The van der Waals surface area contributed by atoms with Gasteiger partial charge in [-0.05, 0) is 37.8 Å². The highest BCUT2D eigenvalue weighted by Crippen LogP contribution is 2.65. The van der Waals surface area contributed by atoms with E-state index in [9.17, 15) is 19.5 Å². The zero-order chi connectivity index (χ0) is 28.7. The molecule has 3 fully saturated rings. The summed E-state index contributed by atoms with van der Waals surface area (Å²) < 4.78 is 13.9. The summed E-state index contributed by atoms with van der Waals surface area (Å²) in [6.45, 7) is 11.2. The lowest BCUT2D eigenvalue weighted by atomic mass is 9.65. The van der Waals surface area contributed by atoms with Gasteiger partial charge in [-0.25, -0.2) is 4.68 Å². The van der Waals surface area contributed by atoms with E-state index in [0.29, 0.717) is 31.2 Å². The van der Waals surface area contributed by atoms with Crippen LogP contribution in [-0.4, -0.2) is 90.7 Å². The number of aliphatic hydroxyl groups excluding tert-OH is 1. The van der Waals surface area contributed by atoms with Gasteiger partial charge >= 0.3 is 5.97 Å². The molecule has 1 aromatic heterocycles. The molecule has 1 N–H and O–H groups in total. The molecule has 214 valence electrons. The topological polar surface area (TPSA) is 127 Å². The quantitative estimate of drug-likeness (QED) is 0.314. The van der Waals surface area contributed by atoms with Crippen LogP contribution in [0.2, 0.25) is 0 Å². The van der Waals surface area contributed by atoms with Crippen LogP contribution in [0.1, 0.15) is 39.5 Å². The Morgan fingerprint density at radius 1 is 1.27 bits per heavy atom. The first-order valence-corrected chi connectivity index (χ1v) is 13.9. The largest absolute Gasteiger partial charge is 0.461 e. The zero-order valence-electron chi connectivity index (χ0n) is 23.1. The number of benzene rings is 1. The van der Waals surface area contributed by atoms with Gasteiger partial charge in [0.05, 0.1) is 29.7 Å². The molecule has 3 saturated heterocycles. The Bertz CT molecular complexity index is 1320. The van der Waals surface area contributed by atoms with Crippen LogP contribution >= 0.6 is 0 Å². The summed E-state index contributed by atoms with van der Waals surface area (Å²) in [5, 5.41) is 18.7. The first kappa shape index (κ1) is 28.0. The normalized spacial score (nSPS) is 29.4. The second-order valence-corrected chi connectivity index (χ2v) is 10.8. The van der Waals surface area contributed by atoms with Gasteiger partial charge in [0, 0.05) is 6.54 Å². The van der Waals surface area contributed by atoms with Crippen LogP contribution in [0.4, 0.5) is 0 Å². The highest BCUT2D eigenvalue weighted by molar-refractivity contribution is 5.98. The number of carbonyl (C=O) groups is 3. The number of hydrogen-bond acceptors (Lipinski definition) is 8. The average molecular weight is 552 g/mol. The summed E-state index contributed by atoms with van der Waals surface area (Å²) in [7, 11) is 0. The number of nitrogens with zero attached hydrogens (tertiary/aromatic N) is 5. The number of carbonyl (C=O) groups excluding carboxylic acids is 3. The molecule has 6 atom stereocenters. The number of hydrogen-bond donors (Lipinski definition) is 1. The number of amides is 2. The van der Waals surface area contributed by atoms with Crippen molar-refractivity contribution >= 4 is 28.8 Å². The number of rotatable bonds is 12. The number of esters is 1. The van der Waals surface area contributed by atoms with Crippen LogP contribution in [-0.2, 0) is 30.5 Å². The Hall–Kier alpha value is -3.57. The monoisotopic (exact) mass is 551 g/mol. The Balaban J connectivity index is 1.58. The van der Waals surface area contributed by atoms with E-state index >= 15 is 0 Å². The van der Waals surface area contributed by atoms with Crippen molar-refractivity contribution in [2.75, 3.05) is 19.8 Å². The molecule has 3 aliphatic heterocycles. The molecule has 4 heterocycles. The van der Waals surface area contributed by atoms with Crippen molar-refractivity contribution in [3.8, 4) is 0 Å². The predicted molar refractivity (Wildman–Crippen MR) is 145 cm³/mol. The molecule has 2 aromatic rings. The van der Waals surface area contributed by atoms with E-state index in [4.69, 9.17) is 9.47 Å². The van der Waals surface area contributed by atoms with Gasteiger partial charge in [-0.1, -0.05) is 49.9 Å². The molecule has 40 heavy (non-hydrogen) atoms. The van der Waals surface area contributed by atoms with Crippen molar-refractivity contribution in [2.24, 2.45) is 11.8 Å². The summed E-state index contributed by atoms with van der Waals surface area (Å²) in [6, 6.07) is 5.79. The van der Waals surface area contributed by atoms with Crippen molar-refractivity contribution in [1.82, 2.24) is 24.8 Å². The van der Waals surface area contributed by atoms with Crippen LogP contribution in [0.15, 0.2) is 49.6 Å². The molecule has 1 aromatic carbocycles. The van der Waals surface area contributed by atoms with Crippen LogP contribution in [0.5, 0.6) is 0 Å². The SMILES string of the molecule is C=CCOC(=O)[C@H]1[C@H]2C(=O)N([C@@H](CC)CO)C(C(=O)N(CC=C)Cn3nnc4ccccc43)C23CC[C@]1(CC)O3.